The molecule has 15 heavy (non-hydrogen) atoms. The standard InChI is InChI=1S/C9H19N3O2S/c1-3-4-7(8(10)12-14)9(13)11-5-6-15-2/h7,14H,3-6H2,1-2H3,(H2,10,12)(H,11,13). The molecule has 0 aromatic carbocycles. The Morgan fingerprint density at radius 2 is 2.33 bits per heavy atom. The maximum Gasteiger partial charge on any atom is 0.230 e. The van der Waals surface area contributed by atoms with Crippen LogP contribution < -0.4 is 11.1 Å². The third kappa shape index (κ3) is 5.51. The van der Waals surface area contributed by atoms with E-state index in [0.29, 0.717) is 13.0 Å². The lowest BCUT2D eigenvalue weighted by molar-refractivity contribution is -0.123. The van der Waals surface area contributed by atoms with Gasteiger partial charge in [0.1, 0.15) is 0 Å². The molecule has 1 atom stereocenters. The molecule has 0 spiro atoms. The molecular weight excluding hydrogens is 214 g/mol. The lowest BCUT2D eigenvalue weighted by atomic mass is 10.0. The topological polar surface area (TPSA) is 87.7 Å². The number of hydrogen-bond donors (Lipinski definition) is 3. The minimum atomic E-state index is -0.512. The van der Waals surface area contributed by atoms with Gasteiger partial charge in [0.2, 0.25) is 5.91 Å². The van der Waals surface area contributed by atoms with Crippen molar-refractivity contribution < 1.29 is 10.0 Å². The first-order chi connectivity index (χ1) is 7.17. The van der Waals surface area contributed by atoms with Crippen molar-refractivity contribution in [3.05, 3.63) is 0 Å². The van der Waals surface area contributed by atoms with E-state index < -0.39 is 5.92 Å². The van der Waals surface area contributed by atoms with Gasteiger partial charge in [-0.3, -0.25) is 4.79 Å². The molecule has 0 rings (SSSR count). The van der Waals surface area contributed by atoms with Crippen molar-refractivity contribution in [1.82, 2.24) is 5.32 Å². The Labute approximate surface area is 94.5 Å². The number of amidine groups is 1. The molecule has 0 saturated heterocycles. The molecule has 0 saturated carbocycles. The van der Waals surface area contributed by atoms with Crippen LogP contribution in [-0.4, -0.2) is 35.5 Å². The molecule has 0 aliphatic rings. The molecule has 1 unspecified atom stereocenters. The number of rotatable bonds is 7. The Morgan fingerprint density at radius 1 is 1.67 bits per heavy atom. The van der Waals surface area contributed by atoms with E-state index in [9.17, 15) is 4.79 Å². The normalized spacial score (nSPS) is 13.6. The molecule has 4 N–H and O–H groups in total. The second-order valence-corrected chi connectivity index (χ2v) is 4.14. The van der Waals surface area contributed by atoms with E-state index in [-0.39, 0.29) is 11.7 Å². The highest BCUT2D eigenvalue weighted by atomic mass is 32.2. The molecule has 5 nitrogen and oxygen atoms in total. The number of hydrogen-bond acceptors (Lipinski definition) is 4. The predicted octanol–water partition coefficient (Wildman–Crippen LogP) is 0.628. The molecule has 0 aromatic rings. The van der Waals surface area contributed by atoms with Crippen LogP contribution in [0.3, 0.4) is 0 Å². The largest absolute Gasteiger partial charge is 0.409 e. The zero-order valence-electron chi connectivity index (χ0n) is 9.19. The summed E-state index contributed by atoms with van der Waals surface area (Å²) >= 11 is 1.66. The molecule has 0 radical (unpaired) electrons. The second kappa shape index (κ2) is 8.40. The molecule has 0 aliphatic heterocycles. The first kappa shape index (κ1) is 14.1. The van der Waals surface area contributed by atoms with Crippen LogP contribution in [0, 0.1) is 5.92 Å². The number of nitrogens with two attached hydrogens (primary N) is 1. The SMILES string of the molecule is CCCC(C(=O)NCCSC)C(N)=NO. The van der Waals surface area contributed by atoms with Gasteiger partial charge in [-0.05, 0) is 12.7 Å². The first-order valence-corrected chi connectivity index (χ1v) is 6.30. The van der Waals surface area contributed by atoms with Crippen LogP contribution in [0.15, 0.2) is 5.16 Å². The minimum Gasteiger partial charge on any atom is -0.409 e. The van der Waals surface area contributed by atoms with Crippen molar-refractivity contribution in [1.29, 1.82) is 0 Å². The lowest BCUT2D eigenvalue weighted by Gasteiger charge is -2.14. The fourth-order valence-corrected chi connectivity index (χ4v) is 1.48. The van der Waals surface area contributed by atoms with Gasteiger partial charge in [0.05, 0.1) is 5.92 Å². The van der Waals surface area contributed by atoms with Gasteiger partial charge in [0, 0.05) is 12.3 Å². The molecule has 0 bridgehead atoms. The van der Waals surface area contributed by atoms with Gasteiger partial charge in [0.15, 0.2) is 5.84 Å². The number of oxime groups is 1. The van der Waals surface area contributed by atoms with Crippen LogP contribution in [0.5, 0.6) is 0 Å². The smallest absolute Gasteiger partial charge is 0.230 e. The Balaban J connectivity index is 4.17. The molecule has 0 aliphatic carbocycles. The average molecular weight is 233 g/mol. The van der Waals surface area contributed by atoms with Crippen LogP contribution in [-0.2, 0) is 4.79 Å². The summed E-state index contributed by atoms with van der Waals surface area (Å²) < 4.78 is 0. The van der Waals surface area contributed by atoms with E-state index in [1.807, 2.05) is 13.2 Å². The van der Waals surface area contributed by atoms with Gasteiger partial charge in [-0.25, -0.2) is 0 Å². The summed E-state index contributed by atoms with van der Waals surface area (Å²) in [4.78, 5) is 11.6. The Bertz CT molecular complexity index is 221. The van der Waals surface area contributed by atoms with Crippen molar-refractivity contribution >= 4 is 23.5 Å². The monoisotopic (exact) mass is 233 g/mol. The van der Waals surface area contributed by atoms with E-state index in [4.69, 9.17) is 10.9 Å². The molecule has 0 fully saturated rings. The summed E-state index contributed by atoms with van der Waals surface area (Å²) in [6.07, 6.45) is 3.39. The predicted molar refractivity (Wildman–Crippen MR) is 63.2 cm³/mol. The maximum atomic E-state index is 11.6. The minimum absolute atomic E-state index is 0.0153. The zero-order chi connectivity index (χ0) is 11.7. The summed E-state index contributed by atoms with van der Waals surface area (Å²) in [6.45, 7) is 2.56. The van der Waals surface area contributed by atoms with Crippen molar-refractivity contribution in [3.8, 4) is 0 Å². The van der Waals surface area contributed by atoms with Crippen molar-refractivity contribution in [2.45, 2.75) is 19.8 Å². The van der Waals surface area contributed by atoms with Crippen molar-refractivity contribution in [2.75, 3.05) is 18.6 Å². The molecule has 0 heterocycles. The van der Waals surface area contributed by atoms with Crippen LogP contribution in [0.2, 0.25) is 0 Å². The number of thioether (sulfide) groups is 1. The number of nitrogens with one attached hydrogen (secondary N) is 1. The molecule has 1 amide bonds. The van der Waals surface area contributed by atoms with Crippen LogP contribution in [0.25, 0.3) is 0 Å². The number of carbonyl (C=O) groups is 1. The fourth-order valence-electron chi connectivity index (χ4n) is 1.17. The van der Waals surface area contributed by atoms with E-state index in [0.717, 1.165) is 12.2 Å². The highest BCUT2D eigenvalue weighted by Gasteiger charge is 2.21. The van der Waals surface area contributed by atoms with Gasteiger partial charge in [0.25, 0.3) is 0 Å². The van der Waals surface area contributed by atoms with Gasteiger partial charge in [-0.15, -0.1) is 0 Å². The Hall–Kier alpha value is -0.910. The zero-order valence-corrected chi connectivity index (χ0v) is 10.0. The van der Waals surface area contributed by atoms with Gasteiger partial charge in [-0.2, -0.15) is 11.8 Å². The van der Waals surface area contributed by atoms with E-state index in [1.165, 1.54) is 0 Å². The summed E-state index contributed by atoms with van der Waals surface area (Å²) in [6, 6.07) is 0. The second-order valence-electron chi connectivity index (χ2n) is 3.15. The Morgan fingerprint density at radius 3 is 2.80 bits per heavy atom. The van der Waals surface area contributed by atoms with Gasteiger partial charge < -0.3 is 16.3 Å². The molecule has 6 heteroatoms. The molecular formula is C9H19N3O2S. The highest BCUT2D eigenvalue weighted by Crippen LogP contribution is 2.06. The van der Waals surface area contributed by atoms with E-state index >= 15 is 0 Å². The van der Waals surface area contributed by atoms with Crippen LogP contribution in [0.1, 0.15) is 19.8 Å². The summed E-state index contributed by atoms with van der Waals surface area (Å²) in [5, 5.41) is 14.2. The number of nitrogens with zero attached hydrogens (tertiary/aromatic N) is 1. The first-order valence-electron chi connectivity index (χ1n) is 4.91. The highest BCUT2D eigenvalue weighted by molar-refractivity contribution is 7.98. The summed E-state index contributed by atoms with van der Waals surface area (Å²) in [5.74, 6) is 0.169. The summed E-state index contributed by atoms with van der Waals surface area (Å²) in [5.41, 5.74) is 5.44. The Kier molecular flexibility index (Phi) is 7.89. The average Bonchev–Trinajstić information content (AvgIpc) is 2.25. The fraction of sp³-hybridized carbons (Fsp3) is 0.778. The number of carbonyl (C=O) groups excluding carboxylic acids is 1. The third-order valence-electron chi connectivity index (χ3n) is 1.97. The summed E-state index contributed by atoms with van der Waals surface area (Å²) in [7, 11) is 0. The quantitative estimate of drug-likeness (QED) is 0.198. The van der Waals surface area contributed by atoms with Gasteiger partial charge in [-0.1, -0.05) is 18.5 Å². The number of amides is 1. The lowest BCUT2D eigenvalue weighted by Crippen LogP contribution is -2.39. The molecule has 0 aromatic heterocycles. The molecule has 88 valence electrons. The van der Waals surface area contributed by atoms with Crippen molar-refractivity contribution in [3.63, 3.8) is 0 Å². The van der Waals surface area contributed by atoms with E-state index in [2.05, 4.69) is 10.5 Å². The van der Waals surface area contributed by atoms with Crippen molar-refractivity contribution in [2.24, 2.45) is 16.8 Å². The van der Waals surface area contributed by atoms with Crippen LogP contribution in [0.4, 0.5) is 0 Å². The van der Waals surface area contributed by atoms with E-state index in [1.54, 1.807) is 11.8 Å². The van der Waals surface area contributed by atoms with Crippen LogP contribution >= 0.6 is 11.8 Å². The maximum absolute atomic E-state index is 11.6. The van der Waals surface area contributed by atoms with Gasteiger partial charge >= 0.3 is 0 Å². The third-order valence-corrected chi connectivity index (χ3v) is 2.58.